The molecule has 0 bridgehead atoms. The Morgan fingerprint density at radius 2 is 1.78 bits per heavy atom. The predicted octanol–water partition coefficient (Wildman–Crippen LogP) is 4.48. The van der Waals surface area contributed by atoms with Crippen molar-refractivity contribution in [3.05, 3.63) is 46.5 Å². The molecule has 0 atom stereocenters. The molecule has 3 aromatic rings. The zero-order chi connectivity index (χ0) is 19.6. The maximum absolute atomic E-state index is 13.5. The fourth-order valence-corrected chi connectivity index (χ4v) is 3.31. The molecular formula is C16H10F6N4O. The quantitative estimate of drug-likeness (QED) is 0.576. The van der Waals surface area contributed by atoms with Crippen molar-refractivity contribution in [1.29, 1.82) is 0 Å². The van der Waals surface area contributed by atoms with Crippen LogP contribution in [0.25, 0.3) is 10.9 Å². The predicted molar refractivity (Wildman–Crippen MR) is 80.7 cm³/mol. The van der Waals surface area contributed by atoms with Gasteiger partial charge in [0.05, 0.1) is 17.6 Å². The summed E-state index contributed by atoms with van der Waals surface area (Å²) >= 11 is 0. The van der Waals surface area contributed by atoms with E-state index in [1.54, 1.807) is 4.90 Å². The van der Waals surface area contributed by atoms with Crippen molar-refractivity contribution >= 4 is 16.9 Å². The van der Waals surface area contributed by atoms with Gasteiger partial charge in [-0.2, -0.15) is 26.3 Å². The minimum Gasteiger partial charge on any atom is -0.411 e. The zero-order valence-electron chi connectivity index (χ0n) is 13.6. The van der Waals surface area contributed by atoms with Gasteiger partial charge in [-0.25, -0.2) is 4.98 Å². The third-order valence-corrected chi connectivity index (χ3v) is 4.40. The highest BCUT2D eigenvalue weighted by atomic mass is 19.4. The molecule has 0 N–H and O–H groups in total. The molecule has 0 aliphatic carbocycles. The van der Waals surface area contributed by atoms with Crippen LogP contribution in [0.1, 0.15) is 27.9 Å². The summed E-state index contributed by atoms with van der Waals surface area (Å²) in [5, 5.41) is 6.93. The Hall–Kier alpha value is -2.85. The number of alkyl halides is 6. The van der Waals surface area contributed by atoms with Crippen molar-refractivity contribution < 1.29 is 30.8 Å². The highest BCUT2D eigenvalue weighted by Gasteiger charge is 2.41. The van der Waals surface area contributed by atoms with E-state index < -0.39 is 23.6 Å². The average Bonchev–Trinajstić information content (AvgIpc) is 3.21. The van der Waals surface area contributed by atoms with Gasteiger partial charge in [-0.1, -0.05) is 11.2 Å². The lowest BCUT2D eigenvalue weighted by atomic mass is 9.96. The number of benzene rings is 1. The van der Waals surface area contributed by atoms with E-state index in [2.05, 4.69) is 15.2 Å². The third-order valence-electron chi connectivity index (χ3n) is 4.40. The van der Waals surface area contributed by atoms with Crippen LogP contribution < -0.4 is 4.90 Å². The van der Waals surface area contributed by atoms with Crippen LogP contribution in [-0.2, 0) is 25.4 Å². The minimum absolute atomic E-state index is 0.0138. The van der Waals surface area contributed by atoms with E-state index >= 15 is 0 Å². The molecule has 0 fully saturated rings. The molecule has 0 unspecified atom stereocenters. The third kappa shape index (κ3) is 2.86. The molecule has 142 valence electrons. The van der Waals surface area contributed by atoms with Crippen molar-refractivity contribution in [3.63, 3.8) is 0 Å². The summed E-state index contributed by atoms with van der Waals surface area (Å²) in [4.78, 5) is 5.11. The molecule has 4 rings (SSSR count). The van der Waals surface area contributed by atoms with Gasteiger partial charge in [-0.15, -0.1) is 5.10 Å². The van der Waals surface area contributed by atoms with E-state index in [1.165, 1.54) is 13.0 Å². The second-order valence-electron chi connectivity index (χ2n) is 6.18. The summed E-state index contributed by atoms with van der Waals surface area (Å²) < 4.78 is 85.0. The number of halogens is 6. The van der Waals surface area contributed by atoms with Crippen molar-refractivity contribution in [2.45, 2.75) is 32.4 Å². The number of hydrogen-bond acceptors (Lipinski definition) is 5. The lowest BCUT2D eigenvalue weighted by Crippen LogP contribution is -2.16. The number of rotatable bonds is 1. The van der Waals surface area contributed by atoms with E-state index in [4.69, 9.17) is 4.42 Å². The van der Waals surface area contributed by atoms with Gasteiger partial charge in [0.2, 0.25) is 6.39 Å². The van der Waals surface area contributed by atoms with Gasteiger partial charge in [0.1, 0.15) is 5.69 Å². The van der Waals surface area contributed by atoms with Crippen LogP contribution in [0.5, 0.6) is 0 Å². The van der Waals surface area contributed by atoms with Crippen molar-refractivity contribution in [2.24, 2.45) is 0 Å². The summed E-state index contributed by atoms with van der Waals surface area (Å²) in [5.41, 5.74) is -2.19. The molecule has 0 saturated heterocycles. The molecule has 1 aromatic carbocycles. The molecule has 0 spiro atoms. The van der Waals surface area contributed by atoms with Crippen molar-refractivity contribution in [1.82, 2.24) is 15.2 Å². The maximum atomic E-state index is 13.5. The molecule has 2 aromatic heterocycles. The fraction of sp³-hybridized carbons (Fsp3) is 0.312. The smallest absolute Gasteiger partial charge is 0.411 e. The van der Waals surface area contributed by atoms with Gasteiger partial charge >= 0.3 is 18.4 Å². The van der Waals surface area contributed by atoms with Crippen LogP contribution >= 0.6 is 0 Å². The summed E-state index contributed by atoms with van der Waals surface area (Å²) in [7, 11) is 0. The lowest BCUT2D eigenvalue weighted by molar-refractivity contribution is -0.144. The topological polar surface area (TPSA) is 55.1 Å². The van der Waals surface area contributed by atoms with Crippen LogP contribution in [0, 0.1) is 6.92 Å². The monoisotopic (exact) mass is 388 g/mol. The van der Waals surface area contributed by atoms with Crippen LogP contribution in [-0.4, -0.2) is 15.2 Å². The number of pyridine rings is 1. The van der Waals surface area contributed by atoms with E-state index in [0.717, 1.165) is 6.39 Å². The summed E-state index contributed by atoms with van der Waals surface area (Å²) in [5.74, 6) is 0. The van der Waals surface area contributed by atoms with Crippen LogP contribution in [0.15, 0.2) is 22.9 Å². The number of fused-ring (bicyclic) bond motifs is 3. The molecule has 0 radical (unpaired) electrons. The normalized spacial score (nSPS) is 14.9. The average molecular weight is 388 g/mol. The van der Waals surface area contributed by atoms with Crippen molar-refractivity contribution in [3.8, 4) is 0 Å². The van der Waals surface area contributed by atoms with Gasteiger partial charge in [-0.05, 0) is 24.1 Å². The molecule has 5 nitrogen and oxygen atoms in total. The Bertz CT molecular complexity index is 1030. The summed E-state index contributed by atoms with van der Waals surface area (Å²) in [6.07, 6.45) is -8.87. The highest BCUT2D eigenvalue weighted by Crippen LogP contribution is 2.42. The largest absolute Gasteiger partial charge is 0.433 e. The molecule has 0 saturated carbocycles. The molecule has 27 heavy (non-hydrogen) atoms. The SMILES string of the molecule is Cc1cc2c(c3nc(C(F)(F)F)cc(C(F)(F)F)c13)CN(c1nnco1)C2. The molecule has 1 aliphatic heterocycles. The fourth-order valence-electron chi connectivity index (χ4n) is 3.31. The zero-order valence-corrected chi connectivity index (χ0v) is 13.6. The van der Waals surface area contributed by atoms with Gasteiger partial charge in [-0.3, -0.25) is 0 Å². The molecule has 0 amide bonds. The number of aryl methyl sites for hydroxylation is 1. The van der Waals surface area contributed by atoms with Crippen molar-refractivity contribution in [2.75, 3.05) is 4.90 Å². The standard InChI is InChI=1S/C16H10F6N4O/c1-7-2-8-4-26(14-25-23-6-27-14)5-9(8)13-12(7)10(15(17,18)19)3-11(24-13)16(20,21)22/h2-3,6H,4-5H2,1H3. The van der Waals surface area contributed by atoms with Crippen LogP contribution in [0.2, 0.25) is 0 Å². The Kier molecular flexibility index (Phi) is 3.62. The van der Waals surface area contributed by atoms with E-state index in [-0.39, 0.29) is 47.2 Å². The first-order chi connectivity index (χ1) is 12.6. The van der Waals surface area contributed by atoms with Crippen LogP contribution in [0.3, 0.4) is 0 Å². The second-order valence-corrected chi connectivity index (χ2v) is 6.18. The first kappa shape index (κ1) is 17.6. The molecule has 11 heteroatoms. The van der Waals surface area contributed by atoms with Gasteiger partial charge in [0, 0.05) is 17.5 Å². The highest BCUT2D eigenvalue weighted by molar-refractivity contribution is 5.90. The van der Waals surface area contributed by atoms with E-state index in [9.17, 15) is 26.3 Å². The maximum Gasteiger partial charge on any atom is 0.433 e. The Balaban J connectivity index is 1.99. The number of hydrogen-bond donors (Lipinski definition) is 0. The minimum atomic E-state index is -5.00. The number of anilines is 1. The Morgan fingerprint density at radius 3 is 2.37 bits per heavy atom. The first-order valence-electron chi connectivity index (χ1n) is 7.67. The molecular weight excluding hydrogens is 378 g/mol. The second kappa shape index (κ2) is 5.57. The van der Waals surface area contributed by atoms with Gasteiger partial charge in [0.15, 0.2) is 0 Å². The Labute approximate surface area is 147 Å². The number of nitrogens with zero attached hydrogens (tertiary/aromatic N) is 4. The first-order valence-corrected chi connectivity index (χ1v) is 7.67. The number of aromatic nitrogens is 3. The lowest BCUT2D eigenvalue weighted by Gasteiger charge is -2.17. The van der Waals surface area contributed by atoms with Gasteiger partial charge < -0.3 is 9.32 Å². The molecule has 3 heterocycles. The Morgan fingerprint density at radius 1 is 1.04 bits per heavy atom. The van der Waals surface area contributed by atoms with Gasteiger partial charge in [0.25, 0.3) is 0 Å². The summed E-state index contributed by atoms with van der Waals surface area (Å²) in [6.45, 7) is 1.65. The van der Waals surface area contributed by atoms with E-state index in [1.807, 2.05) is 0 Å². The van der Waals surface area contributed by atoms with E-state index in [0.29, 0.717) is 5.56 Å². The molecule has 1 aliphatic rings. The summed E-state index contributed by atoms with van der Waals surface area (Å²) in [6, 6.07) is 1.71. The van der Waals surface area contributed by atoms with Crippen LogP contribution in [0.4, 0.5) is 32.4 Å².